The quantitative estimate of drug-likeness (QED) is 0.144. The van der Waals surface area contributed by atoms with Crippen LogP contribution in [0.5, 0.6) is 0 Å². The highest BCUT2D eigenvalue weighted by Gasteiger charge is 2.22. The van der Waals surface area contributed by atoms with Crippen LogP contribution in [0.2, 0.25) is 0 Å². The van der Waals surface area contributed by atoms with Crippen molar-refractivity contribution in [3.63, 3.8) is 0 Å². The van der Waals surface area contributed by atoms with E-state index in [4.69, 9.17) is 9.97 Å². The van der Waals surface area contributed by atoms with Gasteiger partial charge in [-0.1, -0.05) is 224 Å². The van der Waals surface area contributed by atoms with Crippen molar-refractivity contribution < 1.29 is 0 Å². The Kier molecular flexibility index (Phi) is 13.0. The van der Waals surface area contributed by atoms with Gasteiger partial charge in [-0.3, -0.25) is 0 Å². The molecular formula is C98H57N5S3. The zero-order valence-corrected chi connectivity index (χ0v) is 59.3. The number of hydrogen-bond donors (Lipinski definition) is 0. The molecule has 8 heteroatoms. The molecule has 492 valence electrons. The smallest absolute Gasteiger partial charge is 0.160 e. The first-order chi connectivity index (χ1) is 52.5. The monoisotopic (exact) mass is 1400 g/mol. The number of thiophene rings is 3. The number of aromatic nitrogens is 5. The molecule has 0 aliphatic heterocycles. The van der Waals surface area contributed by atoms with Gasteiger partial charge in [0.05, 0.1) is 44.3 Å². The average molecular weight is 1400 g/mol. The standard InChI is InChI=1S/C98H57N5S3/c1-7-25-85-71(19-1)74-42-33-60(63-36-45-80-77-22-4-10-28-91(77)104-94(80)55-63)52-88(74)101(85)68-40-31-58(32-41-68)59-39-48-84-83(51-59)97(66-15-13-17-69(49-66)102-86-26-8-2-20-72(86)75-43-34-61(53-89(75)102)64-37-46-81-78-23-5-11-29-92(78)105-95(81)56-64)100-98(99-84)67-16-14-18-70(50-67)103-87-27-9-3-21-73(87)76-44-35-62(54-90(76)103)65-38-47-82-79-24-6-12-30-93(79)106-96(82)57-65/h1-57H. The van der Waals surface area contributed by atoms with Gasteiger partial charge in [0.1, 0.15) is 0 Å². The maximum atomic E-state index is 5.79. The molecule has 23 aromatic rings. The molecule has 0 aliphatic carbocycles. The average Bonchev–Trinajstić information content (AvgIpc) is 1.52. The summed E-state index contributed by atoms with van der Waals surface area (Å²) in [5.41, 5.74) is 23.0. The van der Waals surface area contributed by atoms with Crippen molar-refractivity contribution in [1.82, 2.24) is 23.7 Å². The number of fused-ring (bicyclic) bond motifs is 19. The second-order valence-electron chi connectivity index (χ2n) is 28.0. The van der Waals surface area contributed by atoms with Crippen molar-refractivity contribution in [2.24, 2.45) is 0 Å². The number of rotatable bonds is 9. The van der Waals surface area contributed by atoms with Gasteiger partial charge in [0.2, 0.25) is 0 Å². The summed E-state index contributed by atoms with van der Waals surface area (Å²) in [5, 5.41) is 16.1. The number of para-hydroxylation sites is 3. The van der Waals surface area contributed by atoms with Gasteiger partial charge in [-0.25, -0.2) is 9.97 Å². The second-order valence-corrected chi connectivity index (χ2v) is 31.2. The molecule has 0 saturated carbocycles. The third-order valence-corrected chi connectivity index (χ3v) is 25.5. The number of benzene rings is 16. The van der Waals surface area contributed by atoms with Crippen LogP contribution in [-0.4, -0.2) is 23.7 Å². The molecule has 0 atom stereocenters. The van der Waals surface area contributed by atoms with Gasteiger partial charge >= 0.3 is 0 Å². The molecule has 7 aromatic heterocycles. The molecule has 0 amide bonds. The number of nitrogens with zero attached hydrogens (tertiary/aromatic N) is 5. The zero-order valence-electron chi connectivity index (χ0n) is 56.9. The van der Waals surface area contributed by atoms with Crippen LogP contribution < -0.4 is 0 Å². The lowest BCUT2D eigenvalue weighted by atomic mass is 9.99. The third-order valence-electron chi connectivity index (χ3n) is 22.1. The Morgan fingerprint density at radius 3 is 0.962 bits per heavy atom. The molecule has 0 fully saturated rings. The fourth-order valence-electron chi connectivity index (χ4n) is 17.0. The lowest BCUT2D eigenvalue weighted by molar-refractivity contribution is 1.17. The Morgan fingerprint density at radius 1 is 0.179 bits per heavy atom. The third kappa shape index (κ3) is 9.25. The largest absolute Gasteiger partial charge is 0.309 e. The highest BCUT2D eigenvalue weighted by Crippen LogP contribution is 2.45. The van der Waals surface area contributed by atoms with E-state index in [1.54, 1.807) is 0 Å². The Morgan fingerprint density at radius 2 is 0.509 bits per heavy atom. The highest BCUT2D eigenvalue weighted by atomic mass is 32.1. The van der Waals surface area contributed by atoms with Crippen LogP contribution in [0, 0.1) is 0 Å². The molecule has 0 N–H and O–H groups in total. The zero-order chi connectivity index (χ0) is 69.2. The summed E-state index contributed by atoms with van der Waals surface area (Å²) in [6.45, 7) is 0. The van der Waals surface area contributed by atoms with Crippen molar-refractivity contribution >= 4 is 171 Å². The van der Waals surface area contributed by atoms with E-state index in [1.165, 1.54) is 137 Å². The van der Waals surface area contributed by atoms with Crippen LogP contribution >= 0.6 is 34.0 Å². The summed E-state index contributed by atoms with van der Waals surface area (Å²) >= 11 is 5.58. The molecule has 106 heavy (non-hydrogen) atoms. The highest BCUT2D eigenvalue weighted by molar-refractivity contribution is 7.26. The van der Waals surface area contributed by atoms with Crippen LogP contribution in [0.15, 0.2) is 346 Å². The molecule has 0 spiro atoms. The topological polar surface area (TPSA) is 40.6 Å². The van der Waals surface area contributed by atoms with E-state index in [-0.39, 0.29) is 0 Å². The summed E-state index contributed by atoms with van der Waals surface area (Å²) in [5.74, 6) is 0.650. The van der Waals surface area contributed by atoms with Crippen molar-refractivity contribution in [2.75, 3.05) is 0 Å². The first-order valence-electron chi connectivity index (χ1n) is 36.0. The summed E-state index contributed by atoms with van der Waals surface area (Å²) in [6, 6.07) is 128. The molecule has 5 nitrogen and oxygen atoms in total. The Bertz CT molecular complexity index is 7660. The Labute approximate surface area is 619 Å². The summed E-state index contributed by atoms with van der Waals surface area (Å²) < 4.78 is 15.1. The van der Waals surface area contributed by atoms with Gasteiger partial charge in [0.15, 0.2) is 5.82 Å². The van der Waals surface area contributed by atoms with Gasteiger partial charge in [0.25, 0.3) is 0 Å². The minimum absolute atomic E-state index is 0.650. The Balaban J connectivity index is 0.668. The van der Waals surface area contributed by atoms with Crippen molar-refractivity contribution in [3.8, 4) is 84.2 Å². The molecule has 0 unspecified atom stereocenters. The predicted octanol–water partition coefficient (Wildman–Crippen LogP) is 28.0. The van der Waals surface area contributed by atoms with Crippen LogP contribution in [0.3, 0.4) is 0 Å². The lowest BCUT2D eigenvalue weighted by Crippen LogP contribution is -1.99. The maximum absolute atomic E-state index is 5.79. The van der Waals surface area contributed by atoms with E-state index >= 15 is 0 Å². The minimum Gasteiger partial charge on any atom is -0.309 e. The predicted molar refractivity (Wildman–Crippen MR) is 454 cm³/mol. The Hall–Kier alpha value is -13.1. The van der Waals surface area contributed by atoms with E-state index in [1.807, 2.05) is 34.0 Å². The maximum Gasteiger partial charge on any atom is 0.160 e. The lowest BCUT2D eigenvalue weighted by Gasteiger charge is -2.15. The summed E-state index contributed by atoms with van der Waals surface area (Å²) in [6.07, 6.45) is 0. The van der Waals surface area contributed by atoms with Crippen LogP contribution in [-0.2, 0) is 0 Å². The molecule has 0 aliphatic rings. The van der Waals surface area contributed by atoms with E-state index < -0.39 is 0 Å². The van der Waals surface area contributed by atoms with E-state index in [2.05, 4.69) is 359 Å². The first kappa shape index (κ1) is 59.4. The SMILES string of the molecule is c1cc(-c2nc(-c3cccc(-n4c5ccccc5c5ccc(-c6ccc7c(c6)sc6ccccc67)cc54)c3)c3cc(-c4ccc(-n5c6ccccc6c6ccc(-c7ccc8c(c7)sc7ccccc78)cc65)cc4)ccc3n2)cc(-n2c3ccccc3c3ccc(-c4ccc5c(c4)sc4ccccc45)cc32)c1. The van der Waals surface area contributed by atoms with Crippen LogP contribution in [0.1, 0.15) is 0 Å². The van der Waals surface area contributed by atoms with E-state index in [9.17, 15) is 0 Å². The second kappa shape index (κ2) is 23.2. The van der Waals surface area contributed by atoms with Gasteiger partial charge in [0, 0.05) is 126 Å². The van der Waals surface area contributed by atoms with Crippen molar-refractivity contribution in [3.05, 3.63) is 346 Å². The molecule has 23 rings (SSSR count). The van der Waals surface area contributed by atoms with E-state index in [0.717, 1.165) is 78.0 Å². The number of hydrogen-bond acceptors (Lipinski definition) is 5. The first-order valence-corrected chi connectivity index (χ1v) is 38.4. The molecule has 0 radical (unpaired) electrons. The van der Waals surface area contributed by atoms with Crippen molar-refractivity contribution in [1.29, 1.82) is 0 Å². The van der Waals surface area contributed by atoms with E-state index in [0.29, 0.717) is 5.82 Å². The van der Waals surface area contributed by atoms with Crippen molar-refractivity contribution in [2.45, 2.75) is 0 Å². The van der Waals surface area contributed by atoms with Gasteiger partial charge in [-0.15, -0.1) is 34.0 Å². The normalized spacial score (nSPS) is 12.2. The minimum atomic E-state index is 0.650. The van der Waals surface area contributed by atoms with Gasteiger partial charge in [-0.2, -0.15) is 0 Å². The summed E-state index contributed by atoms with van der Waals surface area (Å²) in [4.78, 5) is 11.4. The van der Waals surface area contributed by atoms with Gasteiger partial charge in [-0.05, 0) is 166 Å². The van der Waals surface area contributed by atoms with Gasteiger partial charge < -0.3 is 13.7 Å². The molecule has 16 aromatic carbocycles. The molecular weight excluding hydrogens is 1340 g/mol. The fraction of sp³-hybridized carbons (Fsp3) is 0. The molecule has 7 heterocycles. The summed E-state index contributed by atoms with van der Waals surface area (Å²) in [7, 11) is 0. The molecule has 0 bridgehead atoms. The molecule has 0 saturated heterocycles. The van der Waals surface area contributed by atoms with Crippen LogP contribution in [0.25, 0.3) is 221 Å². The fourth-order valence-corrected chi connectivity index (χ4v) is 20.5. The van der Waals surface area contributed by atoms with Crippen LogP contribution in [0.4, 0.5) is 0 Å².